The Balaban J connectivity index is 1.94. The van der Waals surface area contributed by atoms with Crippen molar-refractivity contribution in [3.8, 4) is 0 Å². The van der Waals surface area contributed by atoms with Gasteiger partial charge in [-0.05, 0) is 30.7 Å². The van der Waals surface area contributed by atoms with Crippen LogP contribution in [0, 0.1) is 6.92 Å². The highest BCUT2D eigenvalue weighted by Gasteiger charge is 2.01. The molecule has 0 aliphatic carbocycles. The SMILES string of the molecule is Cc1ccc(Cl)c(NCCc2ccnn2C)c1. The zero-order chi connectivity index (χ0) is 12.3. The van der Waals surface area contributed by atoms with Crippen molar-refractivity contribution in [3.05, 3.63) is 46.7 Å². The molecule has 0 unspecified atom stereocenters. The molecule has 0 atom stereocenters. The lowest BCUT2D eigenvalue weighted by Crippen LogP contribution is -2.08. The summed E-state index contributed by atoms with van der Waals surface area (Å²) in [6.07, 6.45) is 2.75. The van der Waals surface area contributed by atoms with Crippen molar-refractivity contribution in [1.29, 1.82) is 0 Å². The molecule has 0 aliphatic heterocycles. The van der Waals surface area contributed by atoms with Crippen LogP contribution in [0.3, 0.4) is 0 Å². The van der Waals surface area contributed by atoms with Crippen molar-refractivity contribution in [2.24, 2.45) is 7.05 Å². The average Bonchev–Trinajstić information content (AvgIpc) is 2.70. The Morgan fingerprint density at radius 2 is 2.18 bits per heavy atom. The molecule has 4 heteroatoms. The number of aromatic nitrogens is 2. The molecule has 0 saturated heterocycles. The molecule has 1 aromatic heterocycles. The Labute approximate surface area is 106 Å². The van der Waals surface area contributed by atoms with Gasteiger partial charge in [-0.1, -0.05) is 17.7 Å². The van der Waals surface area contributed by atoms with Gasteiger partial charge >= 0.3 is 0 Å². The van der Waals surface area contributed by atoms with Crippen molar-refractivity contribution in [1.82, 2.24) is 9.78 Å². The standard InChI is InChI=1S/C13H16ClN3/c1-10-3-4-12(14)13(9-10)15-7-5-11-6-8-16-17(11)2/h3-4,6,8-9,15H,5,7H2,1-2H3. The van der Waals surface area contributed by atoms with Crippen LogP contribution in [0.25, 0.3) is 0 Å². The maximum Gasteiger partial charge on any atom is 0.0637 e. The fourth-order valence-corrected chi connectivity index (χ4v) is 1.93. The van der Waals surface area contributed by atoms with Gasteiger partial charge < -0.3 is 5.32 Å². The van der Waals surface area contributed by atoms with Crippen LogP contribution in [0.4, 0.5) is 5.69 Å². The van der Waals surface area contributed by atoms with Crippen molar-refractivity contribution in [2.45, 2.75) is 13.3 Å². The molecule has 1 aromatic carbocycles. The van der Waals surface area contributed by atoms with Crippen molar-refractivity contribution in [3.63, 3.8) is 0 Å². The second-order valence-electron chi connectivity index (χ2n) is 4.11. The Morgan fingerprint density at radius 1 is 1.35 bits per heavy atom. The molecule has 17 heavy (non-hydrogen) atoms. The summed E-state index contributed by atoms with van der Waals surface area (Å²) in [7, 11) is 1.95. The summed E-state index contributed by atoms with van der Waals surface area (Å²) in [6, 6.07) is 8.02. The number of aryl methyl sites for hydroxylation is 2. The third-order valence-electron chi connectivity index (χ3n) is 2.74. The van der Waals surface area contributed by atoms with Gasteiger partial charge in [-0.3, -0.25) is 4.68 Å². The van der Waals surface area contributed by atoms with Crippen LogP contribution in [0.15, 0.2) is 30.5 Å². The van der Waals surface area contributed by atoms with E-state index in [2.05, 4.69) is 23.4 Å². The predicted octanol–water partition coefficient (Wildman–Crippen LogP) is 3.04. The number of nitrogens with zero attached hydrogens (tertiary/aromatic N) is 2. The van der Waals surface area contributed by atoms with E-state index in [0.29, 0.717) is 0 Å². The molecule has 0 amide bonds. The van der Waals surface area contributed by atoms with E-state index in [0.717, 1.165) is 23.7 Å². The van der Waals surface area contributed by atoms with Crippen molar-refractivity contribution < 1.29 is 0 Å². The Bertz CT molecular complexity index is 505. The molecular weight excluding hydrogens is 234 g/mol. The molecule has 0 spiro atoms. The topological polar surface area (TPSA) is 29.9 Å². The normalized spacial score (nSPS) is 10.5. The second-order valence-corrected chi connectivity index (χ2v) is 4.51. The van der Waals surface area contributed by atoms with Gasteiger partial charge in [0.2, 0.25) is 0 Å². The van der Waals surface area contributed by atoms with E-state index < -0.39 is 0 Å². The van der Waals surface area contributed by atoms with Crippen LogP contribution in [-0.4, -0.2) is 16.3 Å². The minimum Gasteiger partial charge on any atom is -0.383 e. The van der Waals surface area contributed by atoms with E-state index in [1.54, 1.807) is 0 Å². The van der Waals surface area contributed by atoms with Gasteiger partial charge in [0, 0.05) is 31.9 Å². The zero-order valence-corrected chi connectivity index (χ0v) is 10.8. The number of anilines is 1. The zero-order valence-electron chi connectivity index (χ0n) is 10.1. The number of benzene rings is 1. The molecule has 0 saturated carbocycles. The minimum absolute atomic E-state index is 0.764. The summed E-state index contributed by atoms with van der Waals surface area (Å²) in [5.74, 6) is 0. The Kier molecular flexibility index (Phi) is 3.69. The van der Waals surface area contributed by atoms with E-state index in [-0.39, 0.29) is 0 Å². The number of nitrogens with one attached hydrogen (secondary N) is 1. The molecule has 0 aliphatic rings. The quantitative estimate of drug-likeness (QED) is 0.903. The van der Waals surface area contributed by atoms with Gasteiger partial charge in [0.05, 0.1) is 10.7 Å². The van der Waals surface area contributed by atoms with Crippen molar-refractivity contribution >= 4 is 17.3 Å². The first-order valence-electron chi connectivity index (χ1n) is 5.64. The molecule has 0 bridgehead atoms. The monoisotopic (exact) mass is 249 g/mol. The number of rotatable bonds is 4. The van der Waals surface area contributed by atoms with Crippen LogP contribution in [-0.2, 0) is 13.5 Å². The molecule has 2 aromatic rings. The Morgan fingerprint density at radius 3 is 2.88 bits per heavy atom. The molecule has 1 N–H and O–H groups in total. The molecule has 0 radical (unpaired) electrons. The predicted molar refractivity (Wildman–Crippen MR) is 71.6 cm³/mol. The number of hydrogen-bond acceptors (Lipinski definition) is 2. The molecule has 90 valence electrons. The smallest absolute Gasteiger partial charge is 0.0637 e. The highest BCUT2D eigenvalue weighted by molar-refractivity contribution is 6.33. The van der Waals surface area contributed by atoms with Gasteiger partial charge in [-0.25, -0.2) is 0 Å². The van der Waals surface area contributed by atoms with E-state index in [1.807, 2.05) is 36.1 Å². The van der Waals surface area contributed by atoms with E-state index in [9.17, 15) is 0 Å². The molecule has 1 heterocycles. The Hall–Kier alpha value is -1.48. The maximum absolute atomic E-state index is 6.11. The van der Waals surface area contributed by atoms with E-state index in [4.69, 9.17) is 11.6 Å². The van der Waals surface area contributed by atoms with Gasteiger partial charge in [0.25, 0.3) is 0 Å². The van der Waals surface area contributed by atoms with Crippen LogP contribution in [0.1, 0.15) is 11.3 Å². The van der Waals surface area contributed by atoms with Crippen LogP contribution in [0.2, 0.25) is 5.02 Å². The van der Waals surface area contributed by atoms with E-state index >= 15 is 0 Å². The highest BCUT2D eigenvalue weighted by atomic mass is 35.5. The summed E-state index contributed by atoms with van der Waals surface area (Å²) in [5, 5.41) is 8.25. The minimum atomic E-state index is 0.764. The molecular formula is C13H16ClN3. The largest absolute Gasteiger partial charge is 0.383 e. The lowest BCUT2D eigenvalue weighted by atomic mass is 10.2. The summed E-state index contributed by atoms with van der Waals surface area (Å²) >= 11 is 6.11. The lowest BCUT2D eigenvalue weighted by molar-refractivity contribution is 0.711. The van der Waals surface area contributed by atoms with Crippen LogP contribution >= 0.6 is 11.6 Å². The first kappa shape index (κ1) is 12.0. The molecule has 2 rings (SSSR count). The average molecular weight is 250 g/mol. The highest BCUT2D eigenvalue weighted by Crippen LogP contribution is 2.22. The molecule has 0 fully saturated rings. The summed E-state index contributed by atoms with van der Waals surface area (Å²) in [5.41, 5.74) is 3.41. The van der Waals surface area contributed by atoms with Crippen LogP contribution in [0.5, 0.6) is 0 Å². The van der Waals surface area contributed by atoms with Gasteiger partial charge in [-0.2, -0.15) is 5.10 Å². The third-order valence-corrected chi connectivity index (χ3v) is 3.07. The van der Waals surface area contributed by atoms with Gasteiger partial charge in [-0.15, -0.1) is 0 Å². The van der Waals surface area contributed by atoms with E-state index in [1.165, 1.54) is 11.3 Å². The second kappa shape index (κ2) is 5.23. The third kappa shape index (κ3) is 3.01. The summed E-state index contributed by atoms with van der Waals surface area (Å²) in [4.78, 5) is 0. The summed E-state index contributed by atoms with van der Waals surface area (Å²) < 4.78 is 1.89. The maximum atomic E-state index is 6.11. The number of halogens is 1. The van der Waals surface area contributed by atoms with Crippen LogP contribution < -0.4 is 5.32 Å². The number of hydrogen-bond donors (Lipinski definition) is 1. The lowest BCUT2D eigenvalue weighted by Gasteiger charge is -2.09. The van der Waals surface area contributed by atoms with Gasteiger partial charge in [0.15, 0.2) is 0 Å². The van der Waals surface area contributed by atoms with Gasteiger partial charge in [0.1, 0.15) is 0 Å². The van der Waals surface area contributed by atoms with Crippen molar-refractivity contribution in [2.75, 3.05) is 11.9 Å². The molecule has 3 nitrogen and oxygen atoms in total. The fourth-order valence-electron chi connectivity index (χ4n) is 1.75. The first-order chi connectivity index (χ1) is 8.16. The fraction of sp³-hybridized carbons (Fsp3) is 0.308. The first-order valence-corrected chi connectivity index (χ1v) is 6.01. The summed E-state index contributed by atoms with van der Waals surface area (Å²) in [6.45, 7) is 2.91.